The highest BCUT2D eigenvalue weighted by atomic mass is 16.1. The van der Waals surface area contributed by atoms with Crippen LogP contribution in [0.1, 0.15) is 28.8 Å². The second-order valence-electron chi connectivity index (χ2n) is 8.18. The number of rotatable bonds is 5. The Labute approximate surface area is 188 Å². The van der Waals surface area contributed by atoms with E-state index in [1.165, 1.54) is 12.7 Å². The summed E-state index contributed by atoms with van der Waals surface area (Å²) in [5.74, 6) is 0.629. The van der Waals surface area contributed by atoms with Crippen molar-refractivity contribution in [2.24, 2.45) is 0 Å². The molecule has 0 spiro atoms. The van der Waals surface area contributed by atoms with Gasteiger partial charge < -0.3 is 5.32 Å². The molecule has 1 amide bonds. The van der Waals surface area contributed by atoms with Crippen molar-refractivity contribution in [3.05, 3.63) is 72.4 Å². The molecular weight excluding hydrogens is 416 g/mol. The second-order valence-corrected chi connectivity index (χ2v) is 8.18. The molecule has 3 heterocycles. The van der Waals surface area contributed by atoms with Gasteiger partial charge in [-0.1, -0.05) is 24.3 Å². The van der Waals surface area contributed by atoms with Gasteiger partial charge in [0.25, 0.3) is 5.91 Å². The molecule has 0 unspecified atom stereocenters. The average molecular weight is 436 g/mol. The van der Waals surface area contributed by atoms with Gasteiger partial charge in [-0.2, -0.15) is 10.2 Å². The first-order valence-electron chi connectivity index (χ1n) is 10.7. The molecule has 162 valence electrons. The molecule has 5 aromatic rings. The van der Waals surface area contributed by atoms with E-state index < -0.39 is 0 Å². The van der Waals surface area contributed by atoms with Crippen LogP contribution in [0.2, 0.25) is 0 Å². The third-order valence-corrected chi connectivity index (χ3v) is 5.80. The maximum absolute atomic E-state index is 12.6. The predicted octanol–water partition coefficient (Wildman–Crippen LogP) is 3.47. The molecule has 1 saturated carbocycles. The van der Waals surface area contributed by atoms with E-state index in [4.69, 9.17) is 0 Å². The number of hydrogen-bond acceptors (Lipinski definition) is 6. The quantitative estimate of drug-likeness (QED) is 0.436. The molecule has 0 saturated heterocycles. The van der Waals surface area contributed by atoms with E-state index in [2.05, 4.69) is 35.6 Å². The minimum atomic E-state index is -0.0604. The Kier molecular flexibility index (Phi) is 4.46. The molecule has 9 nitrogen and oxygen atoms in total. The van der Waals surface area contributed by atoms with E-state index >= 15 is 0 Å². The second kappa shape index (κ2) is 7.63. The van der Waals surface area contributed by atoms with E-state index in [0.29, 0.717) is 23.1 Å². The minimum absolute atomic E-state index is 0.0604. The van der Waals surface area contributed by atoms with Crippen LogP contribution in [0.25, 0.3) is 39.4 Å². The highest BCUT2D eigenvalue weighted by Crippen LogP contribution is 2.30. The standard InChI is InChI=1S/C24H20N8O/c1-14-5-6-17(24(33)30-18-7-8-18)10-20(14)32-23-19(11-29-32)21(25-12-27-23)15-3-2-4-16(9-15)22-26-13-28-31-22/h2-6,9-13,18H,7-8H2,1H3,(H,30,33)(H,26,28,31). The summed E-state index contributed by atoms with van der Waals surface area (Å²) in [6.07, 6.45) is 6.88. The van der Waals surface area contributed by atoms with Crippen LogP contribution in [0.4, 0.5) is 0 Å². The lowest BCUT2D eigenvalue weighted by atomic mass is 10.1. The maximum atomic E-state index is 12.6. The molecule has 1 aliphatic rings. The number of carbonyl (C=O) groups excluding carboxylic acids is 1. The highest BCUT2D eigenvalue weighted by molar-refractivity contribution is 5.96. The van der Waals surface area contributed by atoms with Gasteiger partial charge in [0.1, 0.15) is 12.7 Å². The molecule has 0 radical (unpaired) electrons. The highest BCUT2D eigenvalue weighted by Gasteiger charge is 2.24. The van der Waals surface area contributed by atoms with Crippen molar-refractivity contribution in [1.29, 1.82) is 0 Å². The summed E-state index contributed by atoms with van der Waals surface area (Å²) >= 11 is 0. The molecule has 0 bridgehead atoms. The zero-order valence-corrected chi connectivity index (χ0v) is 17.9. The van der Waals surface area contributed by atoms with Crippen molar-refractivity contribution >= 4 is 16.9 Å². The first-order chi connectivity index (χ1) is 16.2. The van der Waals surface area contributed by atoms with Gasteiger partial charge in [-0.25, -0.2) is 19.6 Å². The Morgan fingerprint density at radius 2 is 1.94 bits per heavy atom. The third-order valence-electron chi connectivity index (χ3n) is 5.80. The van der Waals surface area contributed by atoms with Gasteiger partial charge in [0, 0.05) is 22.7 Å². The fourth-order valence-electron chi connectivity index (χ4n) is 3.88. The van der Waals surface area contributed by atoms with Crippen LogP contribution in [0.5, 0.6) is 0 Å². The number of nitrogens with one attached hydrogen (secondary N) is 2. The zero-order chi connectivity index (χ0) is 22.4. The molecule has 33 heavy (non-hydrogen) atoms. The lowest BCUT2D eigenvalue weighted by Gasteiger charge is -2.10. The van der Waals surface area contributed by atoms with Gasteiger partial charge in [0.05, 0.1) is 23.0 Å². The van der Waals surface area contributed by atoms with Gasteiger partial charge in [-0.3, -0.25) is 9.89 Å². The number of carbonyl (C=O) groups is 1. The summed E-state index contributed by atoms with van der Waals surface area (Å²) in [6.45, 7) is 1.99. The number of benzene rings is 2. The van der Waals surface area contributed by atoms with Gasteiger partial charge >= 0.3 is 0 Å². The molecule has 2 N–H and O–H groups in total. The molecule has 6 rings (SSSR count). The zero-order valence-electron chi connectivity index (χ0n) is 17.9. The smallest absolute Gasteiger partial charge is 0.251 e. The summed E-state index contributed by atoms with van der Waals surface area (Å²) in [4.78, 5) is 25.9. The average Bonchev–Trinajstić information content (AvgIpc) is 3.31. The van der Waals surface area contributed by atoms with Crippen LogP contribution in [-0.2, 0) is 0 Å². The Morgan fingerprint density at radius 3 is 2.76 bits per heavy atom. The molecule has 0 atom stereocenters. The van der Waals surface area contributed by atoms with Crippen molar-refractivity contribution in [1.82, 2.24) is 40.2 Å². The molecule has 3 aromatic heterocycles. The topological polar surface area (TPSA) is 114 Å². The molecule has 9 heteroatoms. The fraction of sp³-hybridized carbons (Fsp3) is 0.167. The van der Waals surface area contributed by atoms with E-state index in [-0.39, 0.29) is 5.91 Å². The van der Waals surface area contributed by atoms with Gasteiger partial charge in [0.15, 0.2) is 11.5 Å². The van der Waals surface area contributed by atoms with E-state index in [0.717, 1.165) is 46.3 Å². The van der Waals surface area contributed by atoms with Gasteiger partial charge in [-0.15, -0.1) is 0 Å². The summed E-state index contributed by atoms with van der Waals surface area (Å²) < 4.78 is 1.77. The Balaban J connectivity index is 1.43. The van der Waals surface area contributed by atoms with Crippen molar-refractivity contribution in [3.63, 3.8) is 0 Å². The van der Waals surface area contributed by atoms with Crippen molar-refractivity contribution < 1.29 is 4.79 Å². The fourth-order valence-corrected chi connectivity index (χ4v) is 3.88. The number of hydrogen-bond donors (Lipinski definition) is 2. The van der Waals surface area contributed by atoms with Gasteiger partial charge in [-0.05, 0) is 43.5 Å². The largest absolute Gasteiger partial charge is 0.349 e. The number of aryl methyl sites for hydroxylation is 1. The van der Waals surface area contributed by atoms with Crippen LogP contribution < -0.4 is 5.32 Å². The van der Waals surface area contributed by atoms with Gasteiger partial charge in [0.2, 0.25) is 0 Å². The minimum Gasteiger partial charge on any atom is -0.349 e. The SMILES string of the molecule is Cc1ccc(C(=O)NC2CC2)cc1-n1ncc2c(-c3cccc(-c4ncn[nH]4)c3)ncnc21. The molecule has 0 aliphatic heterocycles. The molecule has 1 aliphatic carbocycles. The molecule has 1 fully saturated rings. The van der Waals surface area contributed by atoms with Crippen LogP contribution >= 0.6 is 0 Å². The van der Waals surface area contributed by atoms with E-state index in [1.807, 2.05) is 49.4 Å². The van der Waals surface area contributed by atoms with Crippen molar-refractivity contribution in [3.8, 4) is 28.3 Å². The molecule has 2 aromatic carbocycles. The van der Waals surface area contributed by atoms with E-state index in [9.17, 15) is 4.79 Å². The summed E-state index contributed by atoms with van der Waals surface area (Å²) in [5.41, 5.74) is 5.70. The maximum Gasteiger partial charge on any atom is 0.251 e. The third kappa shape index (κ3) is 3.53. The summed E-state index contributed by atoms with van der Waals surface area (Å²) in [5, 5.41) is 15.3. The van der Waals surface area contributed by atoms with Crippen LogP contribution in [-0.4, -0.2) is 46.9 Å². The van der Waals surface area contributed by atoms with Crippen LogP contribution in [0, 0.1) is 6.92 Å². The number of amides is 1. The lowest BCUT2D eigenvalue weighted by molar-refractivity contribution is 0.0951. The van der Waals surface area contributed by atoms with Crippen LogP contribution in [0.3, 0.4) is 0 Å². The number of aromatic amines is 1. The number of H-pyrrole nitrogens is 1. The predicted molar refractivity (Wildman–Crippen MR) is 123 cm³/mol. The normalized spacial score (nSPS) is 13.4. The van der Waals surface area contributed by atoms with E-state index in [1.54, 1.807) is 10.9 Å². The summed E-state index contributed by atoms with van der Waals surface area (Å²) in [6, 6.07) is 13.9. The lowest BCUT2D eigenvalue weighted by Crippen LogP contribution is -2.25. The van der Waals surface area contributed by atoms with Crippen LogP contribution in [0.15, 0.2) is 61.3 Å². The van der Waals surface area contributed by atoms with Crippen molar-refractivity contribution in [2.45, 2.75) is 25.8 Å². The first-order valence-corrected chi connectivity index (χ1v) is 10.7. The Bertz CT molecular complexity index is 1480. The number of aromatic nitrogens is 7. The summed E-state index contributed by atoms with van der Waals surface area (Å²) in [7, 11) is 0. The Hall–Kier alpha value is -4.40. The number of nitrogens with zero attached hydrogens (tertiary/aromatic N) is 6. The first kappa shape index (κ1) is 19.3. The molecular formula is C24H20N8O. The Morgan fingerprint density at radius 1 is 1.06 bits per heavy atom. The monoisotopic (exact) mass is 436 g/mol. The number of fused-ring (bicyclic) bond motifs is 1. The van der Waals surface area contributed by atoms with Crippen molar-refractivity contribution in [2.75, 3.05) is 0 Å².